The average molecular weight is 476 g/mol. The molecule has 0 aliphatic heterocycles. The summed E-state index contributed by atoms with van der Waals surface area (Å²) in [6.45, 7) is 19.2. The van der Waals surface area contributed by atoms with Gasteiger partial charge in [-0.3, -0.25) is 0 Å². The Kier molecular flexibility index (Phi) is 9.70. The molecule has 3 aromatic rings. The van der Waals surface area contributed by atoms with E-state index in [1.807, 2.05) is 12.2 Å². The van der Waals surface area contributed by atoms with Crippen LogP contribution in [-0.4, -0.2) is 0 Å². The van der Waals surface area contributed by atoms with Gasteiger partial charge in [-0.2, -0.15) is 0 Å². The second-order valence-electron chi connectivity index (χ2n) is 10.1. The van der Waals surface area contributed by atoms with E-state index in [1.54, 1.807) is 0 Å². The van der Waals surface area contributed by atoms with Crippen LogP contribution in [-0.2, 0) is 6.42 Å². The first-order valence-corrected chi connectivity index (χ1v) is 12.9. The Labute approximate surface area is 219 Å². The Morgan fingerprint density at radius 1 is 0.917 bits per heavy atom. The Morgan fingerprint density at radius 3 is 2.22 bits per heavy atom. The van der Waals surface area contributed by atoms with Gasteiger partial charge in [-0.25, -0.2) is 0 Å². The molecule has 0 fully saturated rings. The van der Waals surface area contributed by atoms with Crippen LogP contribution in [0.5, 0.6) is 0 Å². The molecule has 0 saturated heterocycles. The standard InChI is InChI=1S/C35H41N/c1-8-9-13-33(25(2)3)23-27(5)31-19-17-30(18-20-31)24-29(7)36-35(32-14-11-10-12-15-32)34-21-16-26(4)22-28(34)6/h8-22,27,35-36H,1,7,23-24H2,2-6H3/b13-9-. The van der Waals surface area contributed by atoms with E-state index in [2.05, 4.69) is 132 Å². The molecule has 186 valence electrons. The molecule has 0 saturated carbocycles. The average Bonchev–Trinajstić information content (AvgIpc) is 2.86. The molecule has 1 nitrogen and oxygen atoms in total. The van der Waals surface area contributed by atoms with Gasteiger partial charge in [-0.1, -0.05) is 122 Å². The number of aryl methyl sites for hydroxylation is 2. The van der Waals surface area contributed by atoms with Crippen molar-refractivity contribution in [3.05, 3.63) is 154 Å². The third-order valence-electron chi connectivity index (χ3n) is 6.79. The quantitative estimate of drug-likeness (QED) is 0.272. The first-order valence-electron chi connectivity index (χ1n) is 12.9. The summed E-state index contributed by atoms with van der Waals surface area (Å²) in [6, 6.07) is 26.4. The lowest BCUT2D eigenvalue weighted by molar-refractivity contribution is 0.674. The largest absolute Gasteiger partial charge is 0.378 e. The predicted octanol–water partition coefficient (Wildman–Crippen LogP) is 9.31. The summed E-state index contributed by atoms with van der Waals surface area (Å²) in [7, 11) is 0. The van der Waals surface area contributed by atoms with Crippen LogP contribution < -0.4 is 5.32 Å². The molecule has 1 N–H and O–H groups in total. The van der Waals surface area contributed by atoms with Crippen molar-refractivity contribution < 1.29 is 0 Å². The highest BCUT2D eigenvalue weighted by atomic mass is 14.9. The zero-order chi connectivity index (χ0) is 26.1. The third kappa shape index (κ3) is 7.46. The fourth-order valence-corrected chi connectivity index (χ4v) is 4.67. The van der Waals surface area contributed by atoms with Gasteiger partial charge >= 0.3 is 0 Å². The summed E-state index contributed by atoms with van der Waals surface area (Å²) < 4.78 is 0. The Morgan fingerprint density at radius 2 is 1.61 bits per heavy atom. The van der Waals surface area contributed by atoms with E-state index in [0.29, 0.717) is 5.92 Å². The molecule has 0 spiro atoms. The molecule has 0 aliphatic carbocycles. The molecular formula is C35H41N. The minimum Gasteiger partial charge on any atom is -0.378 e. The lowest BCUT2D eigenvalue weighted by Gasteiger charge is -2.24. The highest BCUT2D eigenvalue weighted by Crippen LogP contribution is 2.28. The normalized spacial score (nSPS) is 12.7. The van der Waals surface area contributed by atoms with Gasteiger partial charge in [0.1, 0.15) is 0 Å². The maximum atomic E-state index is 4.40. The zero-order valence-corrected chi connectivity index (χ0v) is 22.6. The van der Waals surface area contributed by atoms with Crippen LogP contribution in [0, 0.1) is 13.8 Å². The highest BCUT2D eigenvalue weighted by Gasteiger charge is 2.17. The number of rotatable bonds is 11. The summed E-state index contributed by atoms with van der Waals surface area (Å²) in [4.78, 5) is 0. The maximum Gasteiger partial charge on any atom is 0.0767 e. The smallest absolute Gasteiger partial charge is 0.0767 e. The Hall–Kier alpha value is -3.58. The van der Waals surface area contributed by atoms with Crippen LogP contribution in [0.15, 0.2) is 121 Å². The molecule has 36 heavy (non-hydrogen) atoms. The van der Waals surface area contributed by atoms with Gasteiger partial charge in [0.25, 0.3) is 0 Å². The van der Waals surface area contributed by atoms with Crippen molar-refractivity contribution in [2.24, 2.45) is 0 Å². The second-order valence-corrected chi connectivity index (χ2v) is 10.1. The Balaban J connectivity index is 1.72. The van der Waals surface area contributed by atoms with E-state index in [-0.39, 0.29) is 6.04 Å². The summed E-state index contributed by atoms with van der Waals surface area (Å²) in [6.07, 6.45) is 7.87. The molecule has 2 unspecified atom stereocenters. The minimum absolute atomic E-state index is 0.0738. The zero-order valence-electron chi connectivity index (χ0n) is 22.6. The first kappa shape index (κ1) is 27.0. The molecular weight excluding hydrogens is 434 g/mol. The van der Waals surface area contributed by atoms with E-state index in [4.69, 9.17) is 0 Å². The number of benzene rings is 3. The second kappa shape index (κ2) is 12.9. The maximum absolute atomic E-state index is 4.40. The van der Waals surface area contributed by atoms with Crippen LogP contribution in [0.25, 0.3) is 0 Å². The van der Waals surface area contributed by atoms with Crippen molar-refractivity contribution in [1.82, 2.24) is 5.32 Å². The summed E-state index contributed by atoms with van der Waals surface area (Å²) in [5.74, 6) is 0.451. The van der Waals surface area contributed by atoms with E-state index in [0.717, 1.165) is 18.5 Å². The summed E-state index contributed by atoms with van der Waals surface area (Å²) >= 11 is 0. The van der Waals surface area contributed by atoms with Crippen molar-refractivity contribution in [2.75, 3.05) is 0 Å². The fraction of sp³-hybridized carbons (Fsp3) is 0.257. The van der Waals surface area contributed by atoms with Crippen molar-refractivity contribution in [3.8, 4) is 0 Å². The van der Waals surface area contributed by atoms with Crippen LogP contribution in [0.4, 0.5) is 0 Å². The lowest BCUT2D eigenvalue weighted by Crippen LogP contribution is -2.23. The number of hydrogen-bond acceptors (Lipinski definition) is 1. The predicted molar refractivity (Wildman–Crippen MR) is 157 cm³/mol. The van der Waals surface area contributed by atoms with Crippen molar-refractivity contribution in [2.45, 2.75) is 59.4 Å². The minimum atomic E-state index is 0.0738. The van der Waals surface area contributed by atoms with E-state index < -0.39 is 0 Å². The Bertz CT molecular complexity index is 1220. The molecule has 0 amide bonds. The molecule has 1 heteroatoms. The van der Waals surface area contributed by atoms with Crippen LogP contribution in [0.1, 0.15) is 72.5 Å². The molecule has 0 aliphatic rings. The van der Waals surface area contributed by atoms with Crippen molar-refractivity contribution in [1.29, 1.82) is 0 Å². The highest BCUT2D eigenvalue weighted by molar-refractivity contribution is 5.40. The van der Waals surface area contributed by atoms with Crippen LogP contribution >= 0.6 is 0 Å². The summed E-state index contributed by atoms with van der Waals surface area (Å²) in [5, 5.41) is 3.74. The third-order valence-corrected chi connectivity index (χ3v) is 6.79. The van der Waals surface area contributed by atoms with Gasteiger partial charge in [0.05, 0.1) is 6.04 Å². The number of nitrogens with one attached hydrogen (secondary N) is 1. The van der Waals surface area contributed by atoms with Crippen LogP contribution in [0.3, 0.4) is 0 Å². The molecule has 3 rings (SSSR count). The van der Waals surface area contributed by atoms with Crippen molar-refractivity contribution >= 4 is 0 Å². The van der Waals surface area contributed by atoms with E-state index in [1.165, 1.54) is 44.5 Å². The number of hydrogen-bond donors (Lipinski definition) is 1. The van der Waals surface area contributed by atoms with E-state index in [9.17, 15) is 0 Å². The fourth-order valence-electron chi connectivity index (χ4n) is 4.67. The molecule has 2 atom stereocenters. The van der Waals surface area contributed by atoms with Gasteiger partial charge in [0, 0.05) is 12.1 Å². The topological polar surface area (TPSA) is 12.0 Å². The van der Waals surface area contributed by atoms with E-state index >= 15 is 0 Å². The molecule has 0 bridgehead atoms. The summed E-state index contributed by atoms with van der Waals surface area (Å²) in [5.41, 5.74) is 11.5. The molecule has 0 radical (unpaired) electrons. The lowest BCUT2D eigenvalue weighted by atomic mass is 9.90. The van der Waals surface area contributed by atoms with Crippen LogP contribution in [0.2, 0.25) is 0 Å². The molecule has 0 heterocycles. The van der Waals surface area contributed by atoms with Gasteiger partial charge in [0.15, 0.2) is 0 Å². The van der Waals surface area contributed by atoms with Gasteiger partial charge in [0.2, 0.25) is 0 Å². The first-order chi connectivity index (χ1) is 17.3. The van der Waals surface area contributed by atoms with Gasteiger partial charge in [-0.05, 0) is 73.4 Å². The molecule has 0 aromatic heterocycles. The van der Waals surface area contributed by atoms with Gasteiger partial charge in [-0.15, -0.1) is 0 Å². The SMILES string of the molecule is C=C/C=C\C(CC(C)c1ccc(CC(=C)NC(c2ccccc2)c2ccc(C)cc2C)cc1)=C(C)C. The van der Waals surface area contributed by atoms with Gasteiger partial charge < -0.3 is 5.32 Å². The monoisotopic (exact) mass is 475 g/mol. The van der Waals surface area contributed by atoms with Crippen molar-refractivity contribution in [3.63, 3.8) is 0 Å². The number of allylic oxidation sites excluding steroid dienone is 6. The molecule has 3 aromatic carbocycles.